The molecule has 1 unspecified atom stereocenters. The summed E-state index contributed by atoms with van der Waals surface area (Å²) < 4.78 is 0. The number of nitrogen functional groups attached to an aromatic ring is 1. The Kier molecular flexibility index (Phi) is 5.59. The zero-order chi connectivity index (χ0) is 15.2. The van der Waals surface area contributed by atoms with E-state index < -0.39 is 0 Å². The van der Waals surface area contributed by atoms with Crippen molar-refractivity contribution in [2.75, 3.05) is 32.0 Å². The number of anilines is 1. The summed E-state index contributed by atoms with van der Waals surface area (Å²) in [4.78, 5) is 14.3. The van der Waals surface area contributed by atoms with Gasteiger partial charge >= 0.3 is 0 Å². The highest BCUT2D eigenvalue weighted by Crippen LogP contribution is 2.27. The number of nitrogens with two attached hydrogens (primary N) is 1. The molecule has 5 heteroatoms. The second-order valence-corrected chi connectivity index (χ2v) is 5.79. The van der Waals surface area contributed by atoms with Crippen LogP contribution in [0.1, 0.15) is 30.1 Å². The van der Waals surface area contributed by atoms with Gasteiger partial charge < -0.3 is 21.1 Å². The van der Waals surface area contributed by atoms with E-state index >= 15 is 0 Å². The zero-order valence-corrected chi connectivity index (χ0v) is 12.6. The number of nitrogens with one attached hydrogen (secondary N) is 1. The maximum atomic E-state index is 12.5. The van der Waals surface area contributed by atoms with Gasteiger partial charge in [-0.1, -0.05) is 0 Å². The van der Waals surface area contributed by atoms with Gasteiger partial charge in [-0.25, -0.2) is 0 Å². The van der Waals surface area contributed by atoms with Gasteiger partial charge in [0, 0.05) is 30.4 Å². The first kappa shape index (κ1) is 15.8. The van der Waals surface area contributed by atoms with E-state index in [2.05, 4.69) is 5.32 Å². The van der Waals surface area contributed by atoms with Crippen molar-refractivity contribution in [1.82, 2.24) is 10.2 Å². The second kappa shape index (κ2) is 7.43. The first-order valence-electron chi connectivity index (χ1n) is 7.60. The molecule has 0 aliphatic heterocycles. The lowest BCUT2D eigenvalue weighted by atomic mass is 10.1. The van der Waals surface area contributed by atoms with Crippen molar-refractivity contribution in [2.24, 2.45) is 5.92 Å². The molecule has 0 radical (unpaired) electrons. The van der Waals surface area contributed by atoms with Crippen molar-refractivity contribution < 1.29 is 9.90 Å². The van der Waals surface area contributed by atoms with Crippen molar-refractivity contribution in [2.45, 2.75) is 25.8 Å². The van der Waals surface area contributed by atoms with Crippen molar-refractivity contribution in [3.05, 3.63) is 29.8 Å². The fraction of sp³-hybridized carbons (Fsp3) is 0.562. The number of amides is 1. The Bertz CT molecular complexity index is 457. The fourth-order valence-electron chi connectivity index (χ4n) is 2.35. The average molecular weight is 291 g/mol. The Morgan fingerprint density at radius 1 is 1.43 bits per heavy atom. The van der Waals surface area contributed by atoms with E-state index in [9.17, 15) is 9.90 Å². The maximum absolute atomic E-state index is 12.5. The molecule has 4 N–H and O–H groups in total. The third-order valence-corrected chi connectivity index (χ3v) is 3.86. The number of nitrogens with zero attached hydrogens (tertiary/aromatic N) is 1. The third kappa shape index (κ3) is 4.72. The number of aliphatic hydroxyl groups is 1. The fourth-order valence-corrected chi connectivity index (χ4v) is 2.35. The van der Waals surface area contributed by atoms with E-state index in [-0.39, 0.29) is 18.6 Å². The van der Waals surface area contributed by atoms with E-state index in [1.807, 2.05) is 6.92 Å². The molecule has 1 aromatic carbocycles. The van der Waals surface area contributed by atoms with Crippen LogP contribution in [0.3, 0.4) is 0 Å². The van der Waals surface area contributed by atoms with Gasteiger partial charge in [-0.05, 0) is 56.5 Å². The van der Waals surface area contributed by atoms with E-state index in [1.54, 1.807) is 29.2 Å². The lowest BCUT2D eigenvalue weighted by Gasteiger charge is -2.29. The van der Waals surface area contributed by atoms with E-state index in [0.29, 0.717) is 17.8 Å². The molecule has 116 valence electrons. The minimum atomic E-state index is -0.0650. The quantitative estimate of drug-likeness (QED) is 0.627. The van der Waals surface area contributed by atoms with Gasteiger partial charge in [0.25, 0.3) is 5.91 Å². The van der Waals surface area contributed by atoms with E-state index in [1.165, 1.54) is 12.8 Å². The number of carbonyl (C=O) groups is 1. The molecular weight excluding hydrogens is 266 g/mol. The van der Waals surface area contributed by atoms with Crippen LogP contribution in [-0.2, 0) is 0 Å². The van der Waals surface area contributed by atoms with Gasteiger partial charge in [0.05, 0.1) is 6.61 Å². The monoisotopic (exact) mass is 291 g/mol. The third-order valence-electron chi connectivity index (χ3n) is 3.86. The molecule has 2 rings (SSSR count). The largest absolute Gasteiger partial charge is 0.399 e. The smallest absolute Gasteiger partial charge is 0.254 e. The van der Waals surface area contributed by atoms with Crippen LogP contribution in [0, 0.1) is 5.92 Å². The van der Waals surface area contributed by atoms with Gasteiger partial charge in [0.2, 0.25) is 0 Å². The number of aliphatic hydroxyl groups excluding tert-OH is 1. The standard InChI is InChI=1S/C16H25N3O2/c1-12(10-18-11-13-2-3-13)19(8-9-20)16(21)14-4-6-15(17)7-5-14/h4-7,12-13,18,20H,2-3,8-11,17H2,1H3. The molecule has 0 heterocycles. The van der Waals surface area contributed by atoms with E-state index in [0.717, 1.165) is 19.0 Å². The van der Waals surface area contributed by atoms with Crippen LogP contribution >= 0.6 is 0 Å². The molecule has 0 saturated heterocycles. The van der Waals surface area contributed by atoms with Crippen LogP contribution < -0.4 is 11.1 Å². The van der Waals surface area contributed by atoms with Gasteiger partial charge in [0.15, 0.2) is 0 Å². The Balaban J connectivity index is 1.94. The molecule has 1 aromatic rings. The number of hydrogen-bond acceptors (Lipinski definition) is 4. The van der Waals surface area contributed by atoms with Crippen molar-refractivity contribution in [1.29, 1.82) is 0 Å². The molecule has 0 aromatic heterocycles. The maximum Gasteiger partial charge on any atom is 0.254 e. The van der Waals surface area contributed by atoms with Crippen molar-refractivity contribution in [3.8, 4) is 0 Å². The molecule has 5 nitrogen and oxygen atoms in total. The minimum absolute atomic E-state index is 0.0341. The van der Waals surface area contributed by atoms with Crippen LogP contribution in [0.5, 0.6) is 0 Å². The van der Waals surface area contributed by atoms with Crippen LogP contribution in [-0.4, -0.2) is 48.2 Å². The van der Waals surface area contributed by atoms with Gasteiger partial charge in [0.1, 0.15) is 0 Å². The summed E-state index contributed by atoms with van der Waals surface area (Å²) in [5, 5.41) is 12.6. The number of carbonyl (C=O) groups excluding carboxylic acids is 1. The summed E-state index contributed by atoms with van der Waals surface area (Å²) in [7, 11) is 0. The SMILES string of the molecule is CC(CNCC1CC1)N(CCO)C(=O)c1ccc(N)cc1. The van der Waals surface area contributed by atoms with Gasteiger partial charge in [-0.15, -0.1) is 0 Å². The molecule has 0 spiro atoms. The molecule has 0 bridgehead atoms. The topological polar surface area (TPSA) is 78.6 Å². The Morgan fingerprint density at radius 3 is 2.67 bits per heavy atom. The first-order chi connectivity index (χ1) is 10.1. The minimum Gasteiger partial charge on any atom is -0.399 e. The second-order valence-electron chi connectivity index (χ2n) is 5.79. The summed E-state index contributed by atoms with van der Waals surface area (Å²) in [5.41, 5.74) is 6.89. The van der Waals surface area contributed by atoms with Crippen LogP contribution in [0.2, 0.25) is 0 Å². The molecule has 1 atom stereocenters. The highest BCUT2D eigenvalue weighted by molar-refractivity contribution is 5.94. The van der Waals surface area contributed by atoms with Crippen molar-refractivity contribution >= 4 is 11.6 Å². The van der Waals surface area contributed by atoms with Crippen LogP contribution in [0.25, 0.3) is 0 Å². The van der Waals surface area contributed by atoms with Crippen molar-refractivity contribution in [3.63, 3.8) is 0 Å². The summed E-state index contributed by atoms with van der Waals surface area (Å²) >= 11 is 0. The predicted octanol–water partition coefficient (Wildman–Crippen LogP) is 1.09. The summed E-state index contributed by atoms with van der Waals surface area (Å²) in [6.45, 7) is 4.08. The lowest BCUT2D eigenvalue weighted by molar-refractivity contribution is 0.0648. The van der Waals surface area contributed by atoms with Crippen LogP contribution in [0.15, 0.2) is 24.3 Å². The normalized spacial score (nSPS) is 15.7. The summed E-state index contributed by atoms with van der Waals surface area (Å²) in [6, 6.07) is 6.94. The van der Waals surface area contributed by atoms with Gasteiger partial charge in [-0.3, -0.25) is 4.79 Å². The van der Waals surface area contributed by atoms with E-state index in [4.69, 9.17) is 5.73 Å². The number of hydrogen-bond donors (Lipinski definition) is 3. The molecular formula is C16H25N3O2. The number of benzene rings is 1. The Labute approximate surface area is 126 Å². The van der Waals surface area contributed by atoms with Crippen LogP contribution in [0.4, 0.5) is 5.69 Å². The average Bonchev–Trinajstić information content (AvgIpc) is 3.29. The Hall–Kier alpha value is -1.59. The molecule has 1 amide bonds. The predicted molar refractivity (Wildman–Crippen MR) is 84.0 cm³/mol. The summed E-state index contributed by atoms with van der Waals surface area (Å²) in [5.74, 6) is 0.751. The highest BCUT2D eigenvalue weighted by Gasteiger charge is 2.23. The lowest BCUT2D eigenvalue weighted by Crippen LogP contribution is -2.45. The highest BCUT2D eigenvalue weighted by atomic mass is 16.3. The molecule has 1 aliphatic carbocycles. The Morgan fingerprint density at radius 2 is 2.10 bits per heavy atom. The van der Waals surface area contributed by atoms with Gasteiger partial charge in [-0.2, -0.15) is 0 Å². The zero-order valence-electron chi connectivity index (χ0n) is 12.6. The molecule has 1 aliphatic rings. The first-order valence-corrected chi connectivity index (χ1v) is 7.60. The molecule has 1 fully saturated rings. The molecule has 21 heavy (non-hydrogen) atoms. The number of rotatable bonds is 8. The molecule has 1 saturated carbocycles. The summed E-state index contributed by atoms with van der Waals surface area (Å²) in [6.07, 6.45) is 2.62.